The van der Waals surface area contributed by atoms with Crippen molar-refractivity contribution < 1.29 is 0 Å². The molecule has 0 bridgehead atoms. The fourth-order valence-electron chi connectivity index (χ4n) is 11.6. The highest BCUT2D eigenvalue weighted by atomic mass is 28.3. The monoisotopic (exact) mass is 973 g/mol. The highest BCUT2D eigenvalue weighted by Gasteiger charge is 2.41. The van der Waals surface area contributed by atoms with Crippen LogP contribution in [0.4, 0.5) is 0 Å². The van der Waals surface area contributed by atoms with Gasteiger partial charge in [-0.1, -0.05) is 237 Å². The van der Waals surface area contributed by atoms with Crippen LogP contribution >= 0.6 is 0 Å². The van der Waals surface area contributed by atoms with Crippen molar-refractivity contribution in [2.45, 2.75) is 0 Å². The average molecular weight is 974 g/mol. The van der Waals surface area contributed by atoms with Crippen molar-refractivity contribution in [2.75, 3.05) is 0 Å². The first-order valence-electron chi connectivity index (χ1n) is 25.5. The van der Waals surface area contributed by atoms with E-state index in [2.05, 4.69) is 258 Å². The van der Waals surface area contributed by atoms with E-state index in [0.717, 1.165) is 50.2 Å². The maximum absolute atomic E-state index is 5.41. The minimum atomic E-state index is -2.89. The summed E-state index contributed by atoms with van der Waals surface area (Å²) < 4.78 is 4.80. The number of aromatic nitrogens is 5. The predicted octanol–water partition coefficient (Wildman–Crippen LogP) is 14.1. The van der Waals surface area contributed by atoms with Gasteiger partial charge in [0.1, 0.15) is 0 Å². The molecule has 14 aromatic rings. The van der Waals surface area contributed by atoms with Gasteiger partial charge in [-0.15, -0.1) is 0 Å². The molecule has 0 saturated carbocycles. The second-order valence-corrected chi connectivity index (χ2v) is 22.9. The summed E-state index contributed by atoms with van der Waals surface area (Å²) in [5.41, 5.74) is 11.6. The minimum Gasteiger partial charge on any atom is -0.309 e. The molecule has 0 aliphatic heterocycles. The van der Waals surface area contributed by atoms with E-state index in [0.29, 0.717) is 17.5 Å². The van der Waals surface area contributed by atoms with E-state index in [9.17, 15) is 0 Å². The normalized spacial score (nSPS) is 11.7. The molecule has 5 nitrogen and oxygen atoms in total. The largest absolute Gasteiger partial charge is 0.309 e. The summed E-state index contributed by atoms with van der Waals surface area (Å²) in [6.07, 6.45) is 0. The molecule has 0 amide bonds. The third kappa shape index (κ3) is 7.41. The third-order valence-electron chi connectivity index (χ3n) is 14.9. The topological polar surface area (TPSA) is 48.5 Å². The molecule has 0 spiro atoms. The van der Waals surface area contributed by atoms with Crippen LogP contribution in [0.15, 0.2) is 285 Å². The van der Waals surface area contributed by atoms with E-state index in [1.165, 1.54) is 53.3 Å². The molecule has 0 fully saturated rings. The molecule has 11 aromatic carbocycles. The number of rotatable bonds is 10. The number of benzene rings is 11. The fourth-order valence-corrected chi connectivity index (χ4v) is 16.4. The molecule has 0 saturated heterocycles. The molecule has 0 radical (unpaired) electrons. The molecule has 3 aromatic heterocycles. The van der Waals surface area contributed by atoms with Crippen LogP contribution in [-0.2, 0) is 0 Å². The molecule has 352 valence electrons. The highest BCUT2D eigenvalue weighted by molar-refractivity contribution is 7.19. The lowest BCUT2D eigenvalue weighted by atomic mass is 9.98. The lowest BCUT2D eigenvalue weighted by molar-refractivity contribution is 1.07. The summed E-state index contributed by atoms with van der Waals surface area (Å²) in [5, 5.41) is 10.1. The number of para-hydroxylation sites is 3. The second-order valence-electron chi connectivity index (χ2n) is 19.1. The number of fused-ring (bicyclic) bond motifs is 6. The lowest BCUT2D eigenvalue weighted by Gasteiger charge is -2.34. The third-order valence-corrected chi connectivity index (χ3v) is 19.7. The quantitative estimate of drug-likeness (QED) is 0.101. The molecular formula is C69H47N5Si. The Labute approximate surface area is 436 Å². The second kappa shape index (κ2) is 18.4. The van der Waals surface area contributed by atoms with E-state index in [1.54, 1.807) is 0 Å². The molecule has 0 N–H and O–H groups in total. The number of hydrogen-bond acceptors (Lipinski definition) is 3. The highest BCUT2D eigenvalue weighted by Crippen LogP contribution is 2.40. The average Bonchev–Trinajstić information content (AvgIpc) is 4.02. The first-order chi connectivity index (χ1) is 37.2. The summed E-state index contributed by atoms with van der Waals surface area (Å²) in [6, 6.07) is 103. The van der Waals surface area contributed by atoms with Crippen LogP contribution in [0.2, 0.25) is 0 Å². The van der Waals surface area contributed by atoms with Crippen molar-refractivity contribution in [3.63, 3.8) is 0 Å². The molecular weight excluding hydrogens is 927 g/mol. The zero-order valence-electron chi connectivity index (χ0n) is 40.9. The fraction of sp³-hybridized carbons (Fsp3) is 0. The van der Waals surface area contributed by atoms with Crippen molar-refractivity contribution in [3.05, 3.63) is 285 Å². The van der Waals surface area contributed by atoms with E-state index in [1.807, 2.05) is 36.4 Å². The summed E-state index contributed by atoms with van der Waals surface area (Å²) in [7, 11) is -2.89. The smallest absolute Gasteiger partial charge is 0.179 e. The SMILES string of the molecule is c1ccc(-c2nc(-c3ccccc3)nc(-c3cc(-n4c5ccccc5c5cc(-n6c7ccccc7c7ccccc76)ccc54)ccc3-c3cccc([Si](c4ccccc4)(c4ccccc4)c4ccccc4)c3)n2)cc1. The van der Waals surface area contributed by atoms with Gasteiger partial charge in [0.25, 0.3) is 0 Å². The van der Waals surface area contributed by atoms with Gasteiger partial charge in [-0.05, 0) is 80.4 Å². The van der Waals surface area contributed by atoms with Gasteiger partial charge in [-0.25, -0.2) is 15.0 Å². The van der Waals surface area contributed by atoms with Crippen LogP contribution in [-0.4, -0.2) is 32.2 Å². The van der Waals surface area contributed by atoms with Crippen LogP contribution in [0.3, 0.4) is 0 Å². The maximum atomic E-state index is 5.41. The van der Waals surface area contributed by atoms with Gasteiger partial charge in [0.05, 0.1) is 22.1 Å². The van der Waals surface area contributed by atoms with Gasteiger partial charge in [-0.2, -0.15) is 0 Å². The van der Waals surface area contributed by atoms with Crippen molar-refractivity contribution in [3.8, 4) is 56.7 Å². The van der Waals surface area contributed by atoms with Gasteiger partial charge in [-0.3, -0.25) is 0 Å². The first kappa shape index (κ1) is 44.0. The van der Waals surface area contributed by atoms with Crippen molar-refractivity contribution in [1.82, 2.24) is 24.1 Å². The molecule has 6 heteroatoms. The lowest BCUT2D eigenvalue weighted by Crippen LogP contribution is -2.74. The zero-order chi connectivity index (χ0) is 49.7. The Kier molecular flexibility index (Phi) is 10.8. The van der Waals surface area contributed by atoms with E-state index >= 15 is 0 Å². The summed E-state index contributed by atoms with van der Waals surface area (Å²) in [6.45, 7) is 0. The van der Waals surface area contributed by atoms with Gasteiger partial charge in [0, 0.05) is 49.6 Å². The Morgan fingerprint density at radius 2 is 0.613 bits per heavy atom. The van der Waals surface area contributed by atoms with E-state index < -0.39 is 8.07 Å². The molecule has 3 heterocycles. The van der Waals surface area contributed by atoms with Gasteiger partial charge in [0.15, 0.2) is 25.5 Å². The number of nitrogens with zero attached hydrogens (tertiary/aromatic N) is 5. The Morgan fingerprint density at radius 3 is 1.12 bits per heavy atom. The predicted molar refractivity (Wildman–Crippen MR) is 314 cm³/mol. The molecule has 0 atom stereocenters. The Morgan fingerprint density at radius 1 is 0.240 bits per heavy atom. The van der Waals surface area contributed by atoms with Gasteiger partial charge >= 0.3 is 0 Å². The molecule has 0 aliphatic rings. The van der Waals surface area contributed by atoms with E-state index in [-0.39, 0.29) is 0 Å². The van der Waals surface area contributed by atoms with Crippen LogP contribution in [0.1, 0.15) is 0 Å². The first-order valence-corrected chi connectivity index (χ1v) is 27.5. The molecule has 75 heavy (non-hydrogen) atoms. The van der Waals surface area contributed by atoms with Crippen LogP contribution in [0.25, 0.3) is 100 Å². The van der Waals surface area contributed by atoms with E-state index in [4.69, 9.17) is 15.0 Å². The van der Waals surface area contributed by atoms with Crippen LogP contribution in [0.5, 0.6) is 0 Å². The van der Waals surface area contributed by atoms with Crippen molar-refractivity contribution in [1.29, 1.82) is 0 Å². The number of hydrogen-bond donors (Lipinski definition) is 0. The summed E-state index contributed by atoms with van der Waals surface area (Å²) >= 11 is 0. The van der Waals surface area contributed by atoms with Gasteiger partial charge in [0.2, 0.25) is 0 Å². The standard InChI is InChI=1S/C69H47N5Si/c1-6-23-48(24-7-1)67-70-68(49-25-8-2-9-26-49)72-69(71-67)62-47-51(74-65-40-21-18-37-60(65)61-46-52(42-44-66(61)74)73-63-38-19-16-35-58(63)59-36-17-20-39-64(59)73)41-43-57(62)50-27-22-34-56(45-50)75(53-28-10-3-11-29-53,54-30-12-4-13-31-54)55-32-14-5-15-33-55/h1-47H. The maximum Gasteiger partial charge on any atom is 0.179 e. The molecule has 0 aliphatic carbocycles. The summed E-state index contributed by atoms with van der Waals surface area (Å²) in [4.78, 5) is 16.0. The van der Waals surface area contributed by atoms with Gasteiger partial charge < -0.3 is 9.13 Å². The zero-order valence-corrected chi connectivity index (χ0v) is 41.9. The van der Waals surface area contributed by atoms with Crippen molar-refractivity contribution >= 4 is 72.4 Å². The molecule has 14 rings (SSSR count). The Balaban J connectivity index is 1.02. The molecule has 0 unspecified atom stereocenters. The minimum absolute atomic E-state index is 0.595. The van der Waals surface area contributed by atoms with Crippen molar-refractivity contribution in [2.24, 2.45) is 0 Å². The summed E-state index contributed by atoms with van der Waals surface area (Å²) in [5.74, 6) is 1.82. The Hall–Kier alpha value is -9.75. The Bertz CT molecular complexity index is 4190. The van der Waals surface area contributed by atoms with Crippen LogP contribution in [0, 0.1) is 0 Å². The van der Waals surface area contributed by atoms with Crippen LogP contribution < -0.4 is 20.7 Å².